The summed E-state index contributed by atoms with van der Waals surface area (Å²) in [6.45, 7) is 7.86. The molecule has 2 amide bonds. The van der Waals surface area contributed by atoms with Crippen LogP contribution in [0.4, 0.5) is 0 Å². The summed E-state index contributed by atoms with van der Waals surface area (Å²) < 4.78 is 16.2. The van der Waals surface area contributed by atoms with E-state index < -0.39 is 0 Å². The quantitative estimate of drug-likeness (QED) is 0.600. The average Bonchev–Trinajstić information content (AvgIpc) is 3.22. The second-order valence-electron chi connectivity index (χ2n) is 8.40. The van der Waals surface area contributed by atoms with E-state index in [1.165, 1.54) is 5.56 Å². The van der Waals surface area contributed by atoms with Crippen LogP contribution in [0.1, 0.15) is 49.5 Å². The number of carbonyl (C=O) groups excluding carboxylic acids is 2. The summed E-state index contributed by atoms with van der Waals surface area (Å²) in [6, 6.07) is 13.1. The van der Waals surface area contributed by atoms with Crippen molar-refractivity contribution >= 4 is 11.8 Å². The van der Waals surface area contributed by atoms with Crippen molar-refractivity contribution in [3.63, 3.8) is 0 Å². The SMILES string of the molecule is CC(C)(C)c1ccc(OCCCC(=O)NCCNC(=O)c2ccc3c(c2)OCO3)cc1. The summed E-state index contributed by atoms with van der Waals surface area (Å²) >= 11 is 0. The number of benzene rings is 2. The van der Waals surface area contributed by atoms with E-state index in [1.54, 1.807) is 18.2 Å². The number of fused-ring (bicyclic) bond motifs is 1. The Labute approximate surface area is 183 Å². The van der Waals surface area contributed by atoms with Crippen molar-refractivity contribution in [3.05, 3.63) is 53.6 Å². The molecule has 0 spiro atoms. The largest absolute Gasteiger partial charge is 0.494 e. The number of hydrogen-bond acceptors (Lipinski definition) is 5. The van der Waals surface area contributed by atoms with E-state index in [2.05, 4.69) is 43.5 Å². The molecule has 2 aromatic carbocycles. The lowest BCUT2D eigenvalue weighted by molar-refractivity contribution is -0.121. The first-order valence-electron chi connectivity index (χ1n) is 10.5. The fourth-order valence-corrected chi connectivity index (χ4v) is 3.08. The molecule has 0 aromatic heterocycles. The van der Waals surface area contributed by atoms with Crippen LogP contribution in [-0.2, 0) is 10.2 Å². The third-order valence-electron chi connectivity index (χ3n) is 4.90. The van der Waals surface area contributed by atoms with Crippen LogP contribution in [0.2, 0.25) is 0 Å². The Kier molecular flexibility index (Phi) is 7.39. The molecule has 0 atom stereocenters. The molecule has 1 aliphatic rings. The molecular formula is C24H30N2O5. The third kappa shape index (κ3) is 6.64. The summed E-state index contributed by atoms with van der Waals surface area (Å²) in [4.78, 5) is 24.1. The molecule has 0 saturated carbocycles. The van der Waals surface area contributed by atoms with Crippen LogP contribution in [0, 0.1) is 0 Å². The van der Waals surface area contributed by atoms with Crippen molar-refractivity contribution in [2.45, 2.75) is 39.0 Å². The fraction of sp³-hybridized carbons (Fsp3) is 0.417. The van der Waals surface area contributed by atoms with E-state index in [0.29, 0.717) is 49.6 Å². The second-order valence-corrected chi connectivity index (χ2v) is 8.40. The van der Waals surface area contributed by atoms with Gasteiger partial charge in [-0.3, -0.25) is 9.59 Å². The second kappa shape index (κ2) is 10.2. The Hall–Kier alpha value is -3.22. The first kappa shape index (κ1) is 22.5. The van der Waals surface area contributed by atoms with Crippen LogP contribution in [0.25, 0.3) is 0 Å². The minimum atomic E-state index is -0.224. The smallest absolute Gasteiger partial charge is 0.251 e. The van der Waals surface area contributed by atoms with Crippen molar-refractivity contribution in [1.29, 1.82) is 0 Å². The van der Waals surface area contributed by atoms with Gasteiger partial charge in [0.25, 0.3) is 5.91 Å². The molecule has 7 heteroatoms. The van der Waals surface area contributed by atoms with Gasteiger partial charge in [0.15, 0.2) is 11.5 Å². The molecule has 1 heterocycles. The lowest BCUT2D eigenvalue weighted by Gasteiger charge is -2.19. The van der Waals surface area contributed by atoms with Crippen molar-refractivity contribution in [1.82, 2.24) is 10.6 Å². The van der Waals surface area contributed by atoms with Crippen LogP contribution in [0.5, 0.6) is 17.2 Å². The molecule has 0 unspecified atom stereocenters. The normalized spacial score (nSPS) is 12.4. The van der Waals surface area contributed by atoms with Gasteiger partial charge in [0.2, 0.25) is 12.7 Å². The van der Waals surface area contributed by atoms with Crippen molar-refractivity contribution in [2.75, 3.05) is 26.5 Å². The molecule has 0 fully saturated rings. The predicted octanol–water partition coefficient (Wildman–Crippen LogP) is 3.42. The Morgan fingerprint density at radius 3 is 2.42 bits per heavy atom. The maximum atomic E-state index is 12.2. The lowest BCUT2D eigenvalue weighted by atomic mass is 9.87. The summed E-state index contributed by atoms with van der Waals surface area (Å²) in [6.07, 6.45) is 0.993. The molecular weight excluding hydrogens is 396 g/mol. The van der Waals surface area contributed by atoms with Gasteiger partial charge >= 0.3 is 0 Å². The van der Waals surface area contributed by atoms with E-state index in [1.807, 2.05) is 12.1 Å². The van der Waals surface area contributed by atoms with Gasteiger partial charge in [-0.15, -0.1) is 0 Å². The third-order valence-corrected chi connectivity index (χ3v) is 4.90. The Balaban J connectivity index is 1.27. The highest BCUT2D eigenvalue weighted by atomic mass is 16.7. The minimum absolute atomic E-state index is 0.0657. The van der Waals surface area contributed by atoms with Gasteiger partial charge in [0, 0.05) is 25.1 Å². The average molecular weight is 427 g/mol. The Morgan fingerprint density at radius 2 is 1.68 bits per heavy atom. The fourth-order valence-electron chi connectivity index (χ4n) is 3.08. The highest BCUT2D eigenvalue weighted by Gasteiger charge is 2.16. The predicted molar refractivity (Wildman–Crippen MR) is 118 cm³/mol. The zero-order valence-electron chi connectivity index (χ0n) is 18.3. The molecule has 0 radical (unpaired) electrons. The first-order chi connectivity index (χ1) is 14.8. The zero-order chi connectivity index (χ0) is 22.3. The van der Waals surface area contributed by atoms with Gasteiger partial charge in [0.1, 0.15) is 5.75 Å². The molecule has 2 aromatic rings. The molecule has 0 saturated heterocycles. The van der Waals surface area contributed by atoms with Crippen molar-refractivity contribution in [2.24, 2.45) is 0 Å². The maximum absolute atomic E-state index is 12.2. The van der Waals surface area contributed by atoms with Crippen LogP contribution >= 0.6 is 0 Å². The molecule has 0 bridgehead atoms. The van der Waals surface area contributed by atoms with E-state index in [0.717, 1.165) is 5.75 Å². The van der Waals surface area contributed by atoms with Gasteiger partial charge in [-0.1, -0.05) is 32.9 Å². The summed E-state index contributed by atoms with van der Waals surface area (Å²) in [5.41, 5.74) is 1.86. The van der Waals surface area contributed by atoms with E-state index >= 15 is 0 Å². The number of hydrogen-bond donors (Lipinski definition) is 2. The summed E-state index contributed by atoms with van der Waals surface area (Å²) in [7, 11) is 0. The van der Waals surface area contributed by atoms with Gasteiger partial charge in [-0.05, 0) is 47.7 Å². The molecule has 31 heavy (non-hydrogen) atoms. The molecule has 0 aliphatic carbocycles. The van der Waals surface area contributed by atoms with E-state index in [-0.39, 0.29) is 24.0 Å². The number of rotatable bonds is 9. The Morgan fingerprint density at radius 1 is 0.968 bits per heavy atom. The number of nitrogens with one attached hydrogen (secondary N) is 2. The van der Waals surface area contributed by atoms with Crippen LogP contribution in [-0.4, -0.2) is 38.3 Å². The maximum Gasteiger partial charge on any atom is 0.251 e. The highest BCUT2D eigenvalue weighted by Crippen LogP contribution is 2.32. The van der Waals surface area contributed by atoms with Crippen LogP contribution < -0.4 is 24.8 Å². The molecule has 2 N–H and O–H groups in total. The molecule has 1 aliphatic heterocycles. The number of amides is 2. The first-order valence-corrected chi connectivity index (χ1v) is 10.5. The lowest BCUT2D eigenvalue weighted by Crippen LogP contribution is -2.34. The Bertz CT molecular complexity index is 903. The standard InChI is InChI=1S/C24H30N2O5/c1-24(2,3)18-7-9-19(10-8-18)29-14-4-5-22(27)25-12-13-26-23(28)17-6-11-20-21(15-17)31-16-30-20/h6-11,15H,4-5,12-14,16H2,1-3H3,(H,25,27)(H,26,28). The van der Waals surface area contributed by atoms with Gasteiger partial charge < -0.3 is 24.8 Å². The zero-order valence-corrected chi connectivity index (χ0v) is 18.3. The summed E-state index contributed by atoms with van der Waals surface area (Å²) in [5.74, 6) is 1.71. The van der Waals surface area contributed by atoms with Crippen molar-refractivity contribution in [3.8, 4) is 17.2 Å². The van der Waals surface area contributed by atoms with E-state index in [9.17, 15) is 9.59 Å². The molecule has 7 nitrogen and oxygen atoms in total. The van der Waals surface area contributed by atoms with Gasteiger partial charge in [-0.2, -0.15) is 0 Å². The van der Waals surface area contributed by atoms with Crippen LogP contribution in [0.15, 0.2) is 42.5 Å². The van der Waals surface area contributed by atoms with Gasteiger partial charge in [-0.25, -0.2) is 0 Å². The molecule has 166 valence electrons. The molecule has 3 rings (SSSR count). The summed E-state index contributed by atoms with van der Waals surface area (Å²) in [5, 5.41) is 5.57. The minimum Gasteiger partial charge on any atom is -0.494 e. The van der Waals surface area contributed by atoms with Crippen LogP contribution in [0.3, 0.4) is 0 Å². The van der Waals surface area contributed by atoms with Crippen molar-refractivity contribution < 1.29 is 23.8 Å². The topological polar surface area (TPSA) is 85.9 Å². The number of carbonyl (C=O) groups is 2. The van der Waals surface area contributed by atoms with E-state index in [4.69, 9.17) is 14.2 Å². The van der Waals surface area contributed by atoms with Gasteiger partial charge in [0.05, 0.1) is 6.61 Å². The highest BCUT2D eigenvalue weighted by molar-refractivity contribution is 5.95. The number of ether oxygens (including phenoxy) is 3. The monoisotopic (exact) mass is 426 g/mol.